The van der Waals surface area contributed by atoms with E-state index in [0.29, 0.717) is 6.54 Å². The van der Waals surface area contributed by atoms with E-state index in [-0.39, 0.29) is 18.3 Å². The zero-order valence-electron chi connectivity index (χ0n) is 10.7. The number of aryl methyl sites for hydroxylation is 2. The van der Waals surface area contributed by atoms with Crippen molar-refractivity contribution in [1.82, 2.24) is 10.6 Å². The van der Waals surface area contributed by atoms with Gasteiger partial charge in [-0.2, -0.15) is 0 Å². The molecule has 0 heterocycles. The molecule has 17 heavy (non-hydrogen) atoms. The summed E-state index contributed by atoms with van der Waals surface area (Å²) in [5, 5.41) is 5.96. The predicted molar refractivity (Wildman–Crippen MR) is 74.0 cm³/mol. The molecule has 1 aromatic rings. The molecule has 1 aromatic carbocycles. The SMILES string of the molecule is CNCCCNC(=O)c1ccc(C)cc1C.Cl. The van der Waals surface area contributed by atoms with Gasteiger partial charge in [0.25, 0.3) is 5.91 Å². The molecule has 0 saturated carbocycles. The van der Waals surface area contributed by atoms with Crippen LogP contribution in [0, 0.1) is 13.8 Å². The molecule has 96 valence electrons. The summed E-state index contributed by atoms with van der Waals surface area (Å²) in [7, 11) is 1.91. The number of benzene rings is 1. The fraction of sp³-hybridized carbons (Fsp3) is 0.462. The average molecular weight is 257 g/mol. The third-order valence-corrected chi connectivity index (χ3v) is 2.52. The first-order valence-electron chi connectivity index (χ1n) is 5.65. The van der Waals surface area contributed by atoms with E-state index in [1.807, 2.05) is 39.1 Å². The lowest BCUT2D eigenvalue weighted by atomic mass is 10.1. The van der Waals surface area contributed by atoms with Gasteiger partial charge in [-0.1, -0.05) is 17.7 Å². The summed E-state index contributed by atoms with van der Waals surface area (Å²) < 4.78 is 0. The Bertz CT molecular complexity index is 366. The Labute approximate surface area is 109 Å². The summed E-state index contributed by atoms with van der Waals surface area (Å²) in [6.45, 7) is 5.64. The molecule has 0 fully saturated rings. The number of halogens is 1. The van der Waals surface area contributed by atoms with Crippen molar-refractivity contribution >= 4 is 18.3 Å². The fourth-order valence-electron chi connectivity index (χ4n) is 1.63. The van der Waals surface area contributed by atoms with Gasteiger partial charge in [0.15, 0.2) is 0 Å². The van der Waals surface area contributed by atoms with Crippen LogP contribution in [0.2, 0.25) is 0 Å². The molecule has 2 N–H and O–H groups in total. The lowest BCUT2D eigenvalue weighted by Gasteiger charge is -2.08. The van der Waals surface area contributed by atoms with Crippen LogP contribution in [0.4, 0.5) is 0 Å². The number of hydrogen-bond acceptors (Lipinski definition) is 2. The summed E-state index contributed by atoms with van der Waals surface area (Å²) in [5.41, 5.74) is 2.99. The minimum atomic E-state index is 0. The number of amides is 1. The lowest BCUT2D eigenvalue weighted by molar-refractivity contribution is 0.0952. The Balaban J connectivity index is 0.00000256. The van der Waals surface area contributed by atoms with Gasteiger partial charge in [-0.15, -0.1) is 12.4 Å². The van der Waals surface area contributed by atoms with Gasteiger partial charge >= 0.3 is 0 Å². The molecule has 0 bridgehead atoms. The first-order chi connectivity index (χ1) is 7.65. The topological polar surface area (TPSA) is 41.1 Å². The normalized spacial score (nSPS) is 9.59. The van der Waals surface area contributed by atoms with Gasteiger partial charge in [0, 0.05) is 12.1 Å². The van der Waals surface area contributed by atoms with Crippen molar-refractivity contribution in [1.29, 1.82) is 0 Å². The molecule has 0 unspecified atom stereocenters. The molecule has 0 atom stereocenters. The molecule has 0 saturated heterocycles. The molecule has 1 amide bonds. The molecule has 4 heteroatoms. The molecule has 1 rings (SSSR count). The van der Waals surface area contributed by atoms with Gasteiger partial charge in [0.2, 0.25) is 0 Å². The highest BCUT2D eigenvalue weighted by Gasteiger charge is 2.07. The van der Waals surface area contributed by atoms with E-state index in [2.05, 4.69) is 10.6 Å². The van der Waals surface area contributed by atoms with Crippen molar-refractivity contribution in [3.05, 3.63) is 34.9 Å². The Kier molecular flexibility index (Phi) is 7.59. The highest BCUT2D eigenvalue weighted by molar-refractivity contribution is 5.95. The van der Waals surface area contributed by atoms with Crippen molar-refractivity contribution in [3.8, 4) is 0 Å². The Hall–Kier alpha value is -1.06. The summed E-state index contributed by atoms with van der Waals surface area (Å²) >= 11 is 0. The zero-order chi connectivity index (χ0) is 12.0. The predicted octanol–water partition coefficient (Wildman–Crippen LogP) is 2.06. The van der Waals surface area contributed by atoms with Gasteiger partial charge in [0.05, 0.1) is 0 Å². The van der Waals surface area contributed by atoms with Crippen molar-refractivity contribution < 1.29 is 4.79 Å². The Morgan fingerprint density at radius 3 is 2.53 bits per heavy atom. The summed E-state index contributed by atoms with van der Waals surface area (Å²) in [4.78, 5) is 11.8. The minimum absolute atomic E-state index is 0. The fourth-order valence-corrected chi connectivity index (χ4v) is 1.63. The molecule has 0 aliphatic rings. The molecular weight excluding hydrogens is 236 g/mol. The third kappa shape index (κ3) is 5.20. The average Bonchev–Trinajstić information content (AvgIpc) is 2.24. The number of carbonyl (C=O) groups excluding carboxylic acids is 1. The smallest absolute Gasteiger partial charge is 0.251 e. The summed E-state index contributed by atoms with van der Waals surface area (Å²) in [5.74, 6) is 0.0219. The zero-order valence-corrected chi connectivity index (χ0v) is 11.5. The van der Waals surface area contributed by atoms with Crippen LogP contribution in [0.1, 0.15) is 27.9 Å². The monoisotopic (exact) mass is 256 g/mol. The summed E-state index contributed by atoms with van der Waals surface area (Å²) in [6, 6.07) is 5.89. The van der Waals surface area contributed by atoms with Crippen molar-refractivity contribution in [3.63, 3.8) is 0 Å². The summed E-state index contributed by atoms with van der Waals surface area (Å²) in [6.07, 6.45) is 0.952. The lowest BCUT2D eigenvalue weighted by Crippen LogP contribution is -2.27. The molecule has 0 spiro atoms. The van der Waals surface area contributed by atoms with Crippen LogP contribution in [0.5, 0.6) is 0 Å². The molecule has 0 aromatic heterocycles. The van der Waals surface area contributed by atoms with Crippen LogP contribution in [-0.4, -0.2) is 26.0 Å². The Morgan fingerprint density at radius 1 is 1.24 bits per heavy atom. The number of rotatable bonds is 5. The highest BCUT2D eigenvalue weighted by Crippen LogP contribution is 2.10. The molecule has 0 aliphatic heterocycles. The van der Waals surface area contributed by atoms with Crippen LogP contribution in [0.15, 0.2) is 18.2 Å². The highest BCUT2D eigenvalue weighted by atomic mass is 35.5. The second-order valence-corrected chi connectivity index (χ2v) is 4.03. The van der Waals surface area contributed by atoms with E-state index in [9.17, 15) is 4.79 Å². The van der Waals surface area contributed by atoms with Crippen LogP contribution >= 0.6 is 12.4 Å². The molecule has 3 nitrogen and oxygen atoms in total. The minimum Gasteiger partial charge on any atom is -0.352 e. The molecular formula is C13H21ClN2O. The Morgan fingerprint density at radius 2 is 1.94 bits per heavy atom. The van der Waals surface area contributed by atoms with Crippen LogP contribution < -0.4 is 10.6 Å². The van der Waals surface area contributed by atoms with E-state index in [0.717, 1.165) is 24.1 Å². The van der Waals surface area contributed by atoms with Gasteiger partial charge in [0.1, 0.15) is 0 Å². The van der Waals surface area contributed by atoms with Gasteiger partial charge in [-0.25, -0.2) is 0 Å². The van der Waals surface area contributed by atoms with Gasteiger partial charge in [-0.05, 0) is 45.5 Å². The van der Waals surface area contributed by atoms with E-state index < -0.39 is 0 Å². The number of hydrogen-bond donors (Lipinski definition) is 2. The molecule has 0 aliphatic carbocycles. The van der Waals surface area contributed by atoms with Crippen molar-refractivity contribution in [2.45, 2.75) is 20.3 Å². The van der Waals surface area contributed by atoms with Crippen LogP contribution in [0.3, 0.4) is 0 Å². The quantitative estimate of drug-likeness (QED) is 0.792. The van der Waals surface area contributed by atoms with Crippen LogP contribution in [0.25, 0.3) is 0 Å². The second-order valence-electron chi connectivity index (χ2n) is 4.03. The van der Waals surface area contributed by atoms with Crippen LogP contribution in [-0.2, 0) is 0 Å². The van der Waals surface area contributed by atoms with E-state index in [1.54, 1.807) is 0 Å². The van der Waals surface area contributed by atoms with Crippen molar-refractivity contribution in [2.75, 3.05) is 20.1 Å². The third-order valence-electron chi connectivity index (χ3n) is 2.52. The second kappa shape index (κ2) is 8.09. The van der Waals surface area contributed by atoms with E-state index in [1.165, 1.54) is 5.56 Å². The first kappa shape index (κ1) is 15.9. The largest absolute Gasteiger partial charge is 0.352 e. The van der Waals surface area contributed by atoms with Gasteiger partial charge < -0.3 is 10.6 Å². The van der Waals surface area contributed by atoms with Gasteiger partial charge in [-0.3, -0.25) is 4.79 Å². The maximum atomic E-state index is 11.8. The number of nitrogens with one attached hydrogen (secondary N) is 2. The van der Waals surface area contributed by atoms with E-state index >= 15 is 0 Å². The number of carbonyl (C=O) groups is 1. The maximum absolute atomic E-state index is 11.8. The van der Waals surface area contributed by atoms with E-state index in [4.69, 9.17) is 0 Å². The first-order valence-corrected chi connectivity index (χ1v) is 5.65. The van der Waals surface area contributed by atoms with Crippen molar-refractivity contribution in [2.24, 2.45) is 0 Å². The maximum Gasteiger partial charge on any atom is 0.251 e. The standard InChI is InChI=1S/C13H20N2O.ClH/c1-10-5-6-12(11(2)9-10)13(16)15-8-4-7-14-3;/h5-6,9,14H,4,7-8H2,1-3H3,(H,15,16);1H. The molecule has 0 radical (unpaired) electrons.